The van der Waals surface area contributed by atoms with Gasteiger partial charge in [-0.05, 0) is 13.3 Å². The molecule has 0 aliphatic carbocycles. The summed E-state index contributed by atoms with van der Waals surface area (Å²) in [5, 5.41) is 3.74. The van der Waals surface area contributed by atoms with E-state index in [1.807, 2.05) is 6.92 Å². The molecule has 0 aromatic carbocycles. The number of aromatic nitrogens is 2. The highest BCUT2D eigenvalue weighted by Crippen LogP contribution is 2.34. The van der Waals surface area contributed by atoms with Crippen molar-refractivity contribution in [2.75, 3.05) is 0 Å². The summed E-state index contributed by atoms with van der Waals surface area (Å²) in [6.07, 6.45) is -2.63. The third-order valence-corrected chi connectivity index (χ3v) is 2.58. The number of nitrogens with zero attached hydrogens (tertiary/aromatic N) is 2. The van der Waals surface area contributed by atoms with E-state index in [9.17, 15) is 13.2 Å². The van der Waals surface area contributed by atoms with E-state index >= 15 is 0 Å². The van der Waals surface area contributed by atoms with E-state index in [0.717, 1.165) is 4.68 Å². The maximum absolute atomic E-state index is 12.7. The molecule has 0 radical (unpaired) electrons. The van der Waals surface area contributed by atoms with Crippen molar-refractivity contribution >= 4 is 11.6 Å². The first-order valence-electron chi connectivity index (χ1n) is 4.61. The fraction of sp³-hybridized carbons (Fsp3) is 0.667. The maximum atomic E-state index is 12.7. The van der Waals surface area contributed by atoms with Crippen molar-refractivity contribution in [3.8, 4) is 0 Å². The van der Waals surface area contributed by atoms with Gasteiger partial charge >= 0.3 is 6.18 Å². The summed E-state index contributed by atoms with van der Waals surface area (Å²) in [6, 6.07) is -0.279. The lowest BCUT2D eigenvalue weighted by molar-refractivity contribution is -0.145. The molecule has 0 saturated heterocycles. The highest BCUT2D eigenvalue weighted by atomic mass is 35.5. The third-order valence-electron chi connectivity index (χ3n) is 2.29. The van der Waals surface area contributed by atoms with Gasteiger partial charge in [0.2, 0.25) is 0 Å². The van der Waals surface area contributed by atoms with Gasteiger partial charge in [-0.1, -0.05) is 6.92 Å². The summed E-state index contributed by atoms with van der Waals surface area (Å²) >= 11 is 5.45. The Morgan fingerprint density at radius 1 is 1.53 bits per heavy atom. The topological polar surface area (TPSA) is 17.8 Å². The van der Waals surface area contributed by atoms with Gasteiger partial charge in [0.25, 0.3) is 0 Å². The molecule has 86 valence electrons. The lowest BCUT2D eigenvalue weighted by Gasteiger charge is -2.16. The summed E-state index contributed by atoms with van der Waals surface area (Å²) in [5.41, 5.74) is -0.698. The minimum Gasteiger partial charge on any atom is -0.257 e. The minimum atomic E-state index is -4.40. The Labute approximate surface area is 91.0 Å². The van der Waals surface area contributed by atoms with Crippen LogP contribution >= 0.6 is 11.6 Å². The SMILES string of the molecule is CCC(C)n1ncc(CCl)c1C(F)(F)F. The number of hydrogen-bond donors (Lipinski definition) is 0. The van der Waals surface area contributed by atoms with Crippen LogP contribution in [0.15, 0.2) is 6.20 Å². The molecule has 1 heterocycles. The molecule has 1 unspecified atom stereocenters. The summed E-state index contributed by atoms with van der Waals surface area (Å²) in [6.45, 7) is 3.51. The Hall–Kier alpha value is -0.710. The average molecular weight is 241 g/mol. The van der Waals surface area contributed by atoms with Crippen molar-refractivity contribution < 1.29 is 13.2 Å². The fourth-order valence-electron chi connectivity index (χ4n) is 1.31. The Kier molecular flexibility index (Phi) is 3.65. The standard InChI is InChI=1S/C9H12ClF3N2/c1-3-6(2)15-8(9(11,12)13)7(4-10)5-14-15/h5-6H,3-4H2,1-2H3. The summed E-state index contributed by atoms with van der Waals surface area (Å²) in [5.74, 6) is -0.175. The zero-order chi connectivity index (χ0) is 11.6. The van der Waals surface area contributed by atoms with Crippen molar-refractivity contribution in [2.24, 2.45) is 0 Å². The van der Waals surface area contributed by atoms with Crippen LogP contribution in [0.3, 0.4) is 0 Å². The van der Waals surface area contributed by atoms with Crippen LogP contribution in [0.1, 0.15) is 37.6 Å². The van der Waals surface area contributed by atoms with E-state index in [-0.39, 0.29) is 17.5 Å². The molecule has 0 bridgehead atoms. The lowest BCUT2D eigenvalue weighted by Crippen LogP contribution is -2.18. The van der Waals surface area contributed by atoms with Crippen LogP contribution in [0.4, 0.5) is 13.2 Å². The van der Waals surface area contributed by atoms with Gasteiger partial charge in [0, 0.05) is 11.6 Å². The molecular weight excluding hydrogens is 229 g/mol. The molecule has 1 aromatic rings. The second kappa shape index (κ2) is 4.43. The molecule has 0 amide bonds. The van der Waals surface area contributed by atoms with Crippen molar-refractivity contribution in [1.29, 1.82) is 0 Å². The van der Waals surface area contributed by atoms with Gasteiger partial charge in [-0.25, -0.2) is 0 Å². The van der Waals surface area contributed by atoms with Crippen LogP contribution in [-0.4, -0.2) is 9.78 Å². The zero-order valence-corrected chi connectivity index (χ0v) is 9.23. The van der Waals surface area contributed by atoms with Crippen LogP contribution in [0, 0.1) is 0 Å². The molecule has 1 rings (SSSR count). The largest absolute Gasteiger partial charge is 0.433 e. The lowest BCUT2D eigenvalue weighted by atomic mass is 10.2. The number of hydrogen-bond acceptors (Lipinski definition) is 1. The van der Waals surface area contributed by atoms with E-state index in [1.54, 1.807) is 6.92 Å². The second-order valence-electron chi connectivity index (χ2n) is 3.35. The van der Waals surface area contributed by atoms with Crippen LogP contribution in [-0.2, 0) is 12.1 Å². The molecule has 2 nitrogen and oxygen atoms in total. The van der Waals surface area contributed by atoms with Gasteiger partial charge in [-0.3, -0.25) is 4.68 Å². The molecule has 1 aromatic heterocycles. The Bertz CT molecular complexity index is 333. The van der Waals surface area contributed by atoms with Gasteiger partial charge in [-0.15, -0.1) is 11.6 Å². The minimum absolute atomic E-state index is 0.0319. The van der Waals surface area contributed by atoms with Gasteiger partial charge in [0.05, 0.1) is 12.1 Å². The number of rotatable bonds is 3. The predicted molar refractivity (Wildman–Crippen MR) is 51.8 cm³/mol. The van der Waals surface area contributed by atoms with Gasteiger partial charge in [-0.2, -0.15) is 18.3 Å². The van der Waals surface area contributed by atoms with Gasteiger partial charge < -0.3 is 0 Å². The highest BCUT2D eigenvalue weighted by molar-refractivity contribution is 6.17. The normalized spacial score (nSPS) is 14.3. The monoisotopic (exact) mass is 240 g/mol. The average Bonchev–Trinajstić information content (AvgIpc) is 2.59. The van der Waals surface area contributed by atoms with E-state index in [2.05, 4.69) is 5.10 Å². The van der Waals surface area contributed by atoms with Crippen molar-refractivity contribution in [2.45, 2.75) is 38.4 Å². The molecule has 6 heteroatoms. The molecule has 0 N–H and O–H groups in total. The van der Waals surface area contributed by atoms with Gasteiger partial charge in [0.1, 0.15) is 5.69 Å². The summed E-state index contributed by atoms with van der Waals surface area (Å²) in [4.78, 5) is 0. The van der Waals surface area contributed by atoms with Crippen molar-refractivity contribution in [3.05, 3.63) is 17.5 Å². The van der Waals surface area contributed by atoms with E-state index in [4.69, 9.17) is 11.6 Å². The van der Waals surface area contributed by atoms with E-state index in [0.29, 0.717) is 6.42 Å². The Balaban J connectivity index is 3.23. The first kappa shape index (κ1) is 12.4. The molecule has 0 spiro atoms. The summed E-state index contributed by atoms with van der Waals surface area (Å²) < 4.78 is 39.1. The first-order chi connectivity index (χ1) is 6.91. The van der Waals surface area contributed by atoms with Crippen molar-refractivity contribution in [1.82, 2.24) is 9.78 Å². The first-order valence-corrected chi connectivity index (χ1v) is 5.14. The molecular formula is C9H12ClF3N2. The molecule has 15 heavy (non-hydrogen) atoms. The van der Waals surface area contributed by atoms with Crippen LogP contribution < -0.4 is 0 Å². The zero-order valence-electron chi connectivity index (χ0n) is 8.48. The Morgan fingerprint density at radius 2 is 2.13 bits per heavy atom. The number of alkyl halides is 4. The third kappa shape index (κ3) is 2.45. The van der Waals surface area contributed by atoms with Crippen LogP contribution in [0.25, 0.3) is 0 Å². The summed E-state index contributed by atoms with van der Waals surface area (Å²) in [7, 11) is 0. The van der Waals surface area contributed by atoms with Gasteiger partial charge in [0.15, 0.2) is 0 Å². The van der Waals surface area contributed by atoms with Crippen molar-refractivity contribution in [3.63, 3.8) is 0 Å². The molecule has 1 atom stereocenters. The molecule has 0 fully saturated rings. The predicted octanol–water partition coefficient (Wildman–Crippen LogP) is 3.61. The van der Waals surface area contributed by atoms with E-state index in [1.165, 1.54) is 6.20 Å². The molecule has 0 aliphatic heterocycles. The smallest absolute Gasteiger partial charge is 0.257 e. The Morgan fingerprint density at radius 3 is 2.53 bits per heavy atom. The quantitative estimate of drug-likeness (QED) is 0.738. The highest BCUT2D eigenvalue weighted by Gasteiger charge is 2.38. The van der Waals surface area contributed by atoms with Crippen LogP contribution in [0.2, 0.25) is 0 Å². The van der Waals surface area contributed by atoms with Crippen LogP contribution in [0.5, 0.6) is 0 Å². The molecule has 0 saturated carbocycles. The fourth-order valence-corrected chi connectivity index (χ4v) is 1.51. The molecule has 0 aliphatic rings. The second-order valence-corrected chi connectivity index (χ2v) is 3.62. The maximum Gasteiger partial charge on any atom is 0.433 e. The van der Waals surface area contributed by atoms with E-state index < -0.39 is 11.9 Å². The number of halogens is 4.